The molecule has 0 amide bonds. The molecule has 1 aromatic carbocycles. The molecule has 0 radical (unpaired) electrons. The molecule has 0 bridgehead atoms. The number of benzene rings is 1. The van der Waals surface area contributed by atoms with E-state index < -0.39 is 11.9 Å². The molecule has 0 saturated heterocycles. The van der Waals surface area contributed by atoms with Gasteiger partial charge in [0.1, 0.15) is 27.0 Å². The van der Waals surface area contributed by atoms with Crippen molar-refractivity contribution in [2.75, 3.05) is 25.6 Å². The fourth-order valence-corrected chi connectivity index (χ4v) is 4.04. The van der Waals surface area contributed by atoms with E-state index in [-0.39, 0.29) is 37.9 Å². The number of aryl methyl sites for hydroxylation is 1. The van der Waals surface area contributed by atoms with Crippen molar-refractivity contribution in [2.24, 2.45) is 0 Å². The summed E-state index contributed by atoms with van der Waals surface area (Å²) in [7, 11) is 0. The van der Waals surface area contributed by atoms with Crippen molar-refractivity contribution in [1.82, 2.24) is 9.97 Å². The number of carbonyl (C=O) groups excluding carboxylic acids is 2. The molecule has 3 rings (SSSR count). The van der Waals surface area contributed by atoms with Gasteiger partial charge in [0.15, 0.2) is 12.4 Å². The highest BCUT2D eigenvalue weighted by Crippen LogP contribution is 2.33. The van der Waals surface area contributed by atoms with Crippen molar-refractivity contribution < 1.29 is 28.5 Å². The molecule has 2 N–H and O–H groups in total. The summed E-state index contributed by atoms with van der Waals surface area (Å²) in [6.07, 6.45) is 0.0655. The van der Waals surface area contributed by atoms with Gasteiger partial charge in [0.25, 0.3) is 0 Å². The van der Waals surface area contributed by atoms with Crippen molar-refractivity contribution in [3.05, 3.63) is 40.5 Å². The zero-order valence-electron chi connectivity index (χ0n) is 18.2. The number of fused-ring (bicyclic) bond motifs is 1. The smallest absolute Gasteiger partial charge is 0.348 e. The van der Waals surface area contributed by atoms with Crippen LogP contribution in [-0.4, -0.2) is 41.7 Å². The van der Waals surface area contributed by atoms with E-state index in [1.807, 2.05) is 6.92 Å². The van der Waals surface area contributed by atoms with Crippen LogP contribution in [0.15, 0.2) is 24.3 Å². The van der Waals surface area contributed by atoms with Gasteiger partial charge in [-0.1, -0.05) is 0 Å². The Hall–Kier alpha value is -3.40. The number of nitrogens with zero attached hydrogens (tertiary/aromatic N) is 2. The Morgan fingerprint density at radius 1 is 1.00 bits per heavy atom. The second-order valence-corrected chi connectivity index (χ2v) is 7.64. The van der Waals surface area contributed by atoms with E-state index in [2.05, 4.69) is 9.97 Å². The number of nitrogen functional groups attached to an aromatic ring is 1. The Balaban J connectivity index is 1.54. The van der Waals surface area contributed by atoms with Gasteiger partial charge in [0, 0.05) is 0 Å². The number of nitrogens with two attached hydrogens (primary N) is 1. The van der Waals surface area contributed by atoms with Crippen LogP contribution in [-0.2, 0) is 20.9 Å². The lowest BCUT2D eigenvalue weighted by atomic mass is 10.2. The summed E-state index contributed by atoms with van der Waals surface area (Å²) in [6.45, 7) is 6.33. The highest BCUT2D eigenvalue weighted by atomic mass is 32.1. The maximum atomic E-state index is 12.1. The van der Waals surface area contributed by atoms with E-state index in [1.165, 1.54) is 11.3 Å². The van der Waals surface area contributed by atoms with E-state index in [4.69, 9.17) is 24.7 Å². The van der Waals surface area contributed by atoms with E-state index in [9.17, 15) is 9.59 Å². The zero-order valence-corrected chi connectivity index (χ0v) is 19.0. The van der Waals surface area contributed by atoms with Gasteiger partial charge in [-0.05, 0) is 50.6 Å². The van der Waals surface area contributed by atoms with Gasteiger partial charge in [0.05, 0.1) is 31.6 Å². The minimum Gasteiger partial charge on any atom is -0.494 e. The minimum absolute atomic E-state index is 0.0655. The van der Waals surface area contributed by atoms with Crippen LogP contribution in [0.25, 0.3) is 10.2 Å². The molecule has 2 aromatic heterocycles. The normalized spacial score (nSPS) is 10.7. The number of aromatic nitrogens is 2. The van der Waals surface area contributed by atoms with E-state index in [0.717, 1.165) is 5.75 Å². The summed E-state index contributed by atoms with van der Waals surface area (Å²) < 4.78 is 21.2. The lowest BCUT2D eigenvalue weighted by Gasteiger charge is -2.08. The van der Waals surface area contributed by atoms with Crippen LogP contribution in [0.4, 0.5) is 5.82 Å². The standard InChI is InChI=1S/C22H25N3O6S/c1-4-28-14-6-8-15(9-7-14)30-11-10-17(26)31-12-16-24-20(23)18-13(3)19(22(27)29-5-2)32-21(18)25-16/h6-9H,4-5,10-12H2,1-3H3,(H2,23,24,25). The number of esters is 2. The number of hydrogen-bond acceptors (Lipinski definition) is 10. The molecule has 0 spiro atoms. The van der Waals surface area contributed by atoms with Gasteiger partial charge in [-0.3, -0.25) is 4.79 Å². The Morgan fingerprint density at radius 2 is 1.69 bits per heavy atom. The SMILES string of the molecule is CCOC(=O)c1sc2nc(COC(=O)CCOc3ccc(OCC)cc3)nc(N)c2c1C. The fourth-order valence-electron chi connectivity index (χ4n) is 2.94. The van der Waals surface area contributed by atoms with Crippen LogP contribution in [0.2, 0.25) is 0 Å². The molecule has 0 atom stereocenters. The Labute approximate surface area is 189 Å². The third-order valence-corrected chi connectivity index (χ3v) is 5.56. The third kappa shape index (κ3) is 5.64. The van der Waals surface area contributed by atoms with Crippen LogP contribution in [0.3, 0.4) is 0 Å². The number of carbonyl (C=O) groups is 2. The minimum atomic E-state index is -0.451. The van der Waals surface area contributed by atoms with Gasteiger partial charge in [-0.2, -0.15) is 0 Å². The summed E-state index contributed by atoms with van der Waals surface area (Å²) >= 11 is 1.17. The average molecular weight is 460 g/mol. The number of ether oxygens (including phenoxy) is 4. The predicted octanol–water partition coefficient (Wildman–Crippen LogP) is 3.67. The van der Waals surface area contributed by atoms with Gasteiger partial charge in [0.2, 0.25) is 0 Å². The van der Waals surface area contributed by atoms with Crippen molar-refractivity contribution in [1.29, 1.82) is 0 Å². The first-order valence-electron chi connectivity index (χ1n) is 10.2. The number of rotatable bonds is 10. The number of anilines is 1. The second kappa shape index (κ2) is 10.8. The van der Waals surface area contributed by atoms with Crippen molar-refractivity contribution in [3.8, 4) is 11.5 Å². The first-order valence-corrected chi connectivity index (χ1v) is 11.0. The Morgan fingerprint density at radius 3 is 2.34 bits per heavy atom. The summed E-state index contributed by atoms with van der Waals surface area (Å²) in [4.78, 5) is 33.7. The topological polar surface area (TPSA) is 123 Å². The van der Waals surface area contributed by atoms with Crippen LogP contribution < -0.4 is 15.2 Å². The van der Waals surface area contributed by atoms with Gasteiger partial charge in [-0.25, -0.2) is 14.8 Å². The van der Waals surface area contributed by atoms with Crippen molar-refractivity contribution >= 4 is 39.3 Å². The number of thiophene rings is 1. The molecule has 170 valence electrons. The molecule has 0 unspecified atom stereocenters. The highest BCUT2D eigenvalue weighted by Gasteiger charge is 2.20. The molecule has 2 heterocycles. The molecule has 32 heavy (non-hydrogen) atoms. The van der Waals surface area contributed by atoms with E-state index >= 15 is 0 Å². The summed E-state index contributed by atoms with van der Waals surface area (Å²) in [5, 5.41) is 0.608. The van der Waals surface area contributed by atoms with Crippen LogP contribution in [0.1, 0.15) is 41.3 Å². The second-order valence-electron chi connectivity index (χ2n) is 6.65. The summed E-state index contributed by atoms with van der Waals surface area (Å²) in [6, 6.07) is 7.15. The maximum absolute atomic E-state index is 12.1. The van der Waals surface area contributed by atoms with Gasteiger partial charge in [-0.15, -0.1) is 11.3 Å². The average Bonchev–Trinajstić information content (AvgIpc) is 3.11. The first kappa shape index (κ1) is 23.3. The quantitative estimate of drug-likeness (QED) is 0.452. The first-order chi connectivity index (χ1) is 15.4. The largest absolute Gasteiger partial charge is 0.494 e. The molecular weight excluding hydrogens is 434 g/mol. The highest BCUT2D eigenvalue weighted by molar-refractivity contribution is 7.20. The Bertz CT molecular complexity index is 1100. The molecule has 0 aliphatic heterocycles. The van der Waals surface area contributed by atoms with Crippen molar-refractivity contribution in [2.45, 2.75) is 33.8 Å². The maximum Gasteiger partial charge on any atom is 0.348 e. The van der Waals surface area contributed by atoms with Crippen LogP contribution in [0.5, 0.6) is 11.5 Å². The fraction of sp³-hybridized carbons (Fsp3) is 0.364. The van der Waals surface area contributed by atoms with Crippen LogP contribution in [0, 0.1) is 6.92 Å². The summed E-state index contributed by atoms with van der Waals surface area (Å²) in [5.41, 5.74) is 6.74. The molecule has 10 heteroatoms. The number of hydrogen-bond donors (Lipinski definition) is 1. The molecule has 0 saturated carbocycles. The zero-order chi connectivity index (χ0) is 23.1. The van der Waals surface area contributed by atoms with E-state index in [0.29, 0.717) is 33.0 Å². The molecule has 0 fully saturated rings. The lowest BCUT2D eigenvalue weighted by Crippen LogP contribution is -2.11. The lowest BCUT2D eigenvalue weighted by molar-refractivity contribution is -0.145. The van der Waals surface area contributed by atoms with Crippen LogP contribution >= 0.6 is 11.3 Å². The van der Waals surface area contributed by atoms with Gasteiger partial charge < -0.3 is 24.7 Å². The molecule has 3 aromatic rings. The van der Waals surface area contributed by atoms with E-state index in [1.54, 1.807) is 38.1 Å². The third-order valence-electron chi connectivity index (χ3n) is 4.40. The monoisotopic (exact) mass is 459 g/mol. The summed E-state index contributed by atoms with van der Waals surface area (Å²) in [5.74, 6) is 0.997. The van der Waals surface area contributed by atoms with Crippen molar-refractivity contribution in [3.63, 3.8) is 0 Å². The predicted molar refractivity (Wildman–Crippen MR) is 120 cm³/mol. The molecule has 0 aliphatic carbocycles. The molecule has 9 nitrogen and oxygen atoms in total. The molecular formula is C22H25N3O6S. The molecule has 0 aliphatic rings. The Kier molecular flexibility index (Phi) is 7.82. The van der Waals surface area contributed by atoms with Gasteiger partial charge >= 0.3 is 11.9 Å².